The Morgan fingerprint density at radius 1 is 0.302 bits per heavy atom. The Kier molecular flexibility index (Phi) is 7.80. The first kappa shape index (κ1) is 35.2. The van der Waals surface area contributed by atoms with Crippen LogP contribution in [0, 0.1) is 0 Å². The van der Waals surface area contributed by atoms with Crippen LogP contribution in [0.2, 0.25) is 0 Å². The van der Waals surface area contributed by atoms with Crippen LogP contribution in [0.3, 0.4) is 0 Å². The molecular weight excluding hydrogens is 773 g/mol. The lowest BCUT2D eigenvalue weighted by atomic mass is 9.99. The predicted octanol–water partition coefficient (Wildman–Crippen LogP) is 15.1. The monoisotopic (exact) mass is 806 g/mol. The van der Waals surface area contributed by atoms with Gasteiger partial charge in [-0.05, 0) is 89.0 Å². The van der Waals surface area contributed by atoms with Gasteiger partial charge < -0.3 is 13.4 Å². The van der Waals surface area contributed by atoms with Gasteiger partial charge in [-0.25, -0.2) is 15.0 Å². The molecule has 9 aromatic carbocycles. The van der Waals surface area contributed by atoms with Crippen LogP contribution in [-0.2, 0) is 0 Å². The Morgan fingerprint density at radius 3 is 1.68 bits per heavy atom. The summed E-state index contributed by atoms with van der Waals surface area (Å²) in [5.74, 6) is 1.70. The molecule has 0 N–H and O–H groups in total. The van der Waals surface area contributed by atoms with E-state index in [0.29, 0.717) is 17.5 Å². The van der Waals surface area contributed by atoms with Gasteiger partial charge >= 0.3 is 0 Å². The number of para-hydroxylation sites is 2. The average molecular weight is 807 g/mol. The first-order valence-corrected chi connectivity index (χ1v) is 21.1. The van der Waals surface area contributed by atoms with E-state index in [1.54, 1.807) is 0 Å². The first-order valence-electron chi connectivity index (χ1n) is 21.1. The molecule has 0 aliphatic carbocycles. The molecule has 0 spiro atoms. The number of hydrogen-bond donors (Lipinski definition) is 0. The van der Waals surface area contributed by atoms with Gasteiger partial charge in [0, 0.05) is 54.7 Å². The number of benzene rings is 9. The molecule has 13 rings (SSSR count). The minimum absolute atomic E-state index is 0.554. The lowest BCUT2D eigenvalue weighted by Crippen LogP contribution is -2.00. The molecule has 0 fully saturated rings. The van der Waals surface area contributed by atoms with Crippen molar-refractivity contribution in [3.05, 3.63) is 206 Å². The number of furan rings is 2. The van der Waals surface area contributed by atoms with Crippen LogP contribution in [0.5, 0.6) is 0 Å². The summed E-state index contributed by atoms with van der Waals surface area (Å²) < 4.78 is 15.4. The summed E-state index contributed by atoms with van der Waals surface area (Å²) in [6.45, 7) is 0. The van der Waals surface area contributed by atoms with E-state index >= 15 is 0 Å². The van der Waals surface area contributed by atoms with E-state index in [9.17, 15) is 0 Å². The SMILES string of the molecule is c1ccc(-c2ccc3oc4cc(-c5nc(-c6ccccc6)nc(-c6cccc7oc8ccc(-c9ccc%10c%11ccccc%11n(-c%11ccccc%11)c%10c9)cc8c67)n5)ccc4c3c2)cc1. The van der Waals surface area contributed by atoms with E-state index in [0.717, 1.165) is 94.0 Å². The van der Waals surface area contributed by atoms with Gasteiger partial charge in [0.1, 0.15) is 22.3 Å². The van der Waals surface area contributed by atoms with E-state index in [4.69, 9.17) is 23.8 Å². The Labute approximate surface area is 361 Å². The maximum Gasteiger partial charge on any atom is 0.164 e. The number of nitrogens with zero attached hydrogens (tertiary/aromatic N) is 4. The van der Waals surface area contributed by atoms with Crippen LogP contribution in [0.25, 0.3) is 128 Å². The Bertz CT molecular complexity index is 3900. The number of fused-ring (bicyclic) bond motifs is 9. The molecule has 63 heavy (non-hydrogen) atoms. The number of aromatic nitrogens is 4. The highest BCUT2D eigenvalue weighted by atomic mass is 16.3. The molecule has 0 radical (unpaired) electrons. The normalized spacial score (nSPS) is 11.8. The summed E-state index contributed by atoms with van der Waals surface area (Å²) in [6, 6.07) is 71.6. The van der Waals surface area contributed by atoms with E-state index in [1.165, 1.54) is 16.3 Å². The molecule has 0 atom stereocenters. The molecule has 4 aromatic heterocycles. The average Bonchev–Trinajstić information content (AvgIpc) is 4.03. The van der Waals surface area contributed by atoms with Crippen molar-refractivity contribution in [1.29, 1.82) is 0 Å². The second-order valence-electron chi connectivity index (χ2n) is 16.0. The van der Waals surface area contributed by atoms with Crippen molar-refractivity contribution in [2.75, 3.05) is 0 Å². The first-order chi connectivity index (χ1) is 31.2. The van der Waals surface area contributed by atoms with Crippen molar-refractivity contribution in [3.63, 3.8) is 0 Å². The fourth-order valence-electron chi connectivity index (χ4n) is 9.27. The third kappa shape index (κ3) is 5.76. The Morgan fingerprint density at radius 2 is 0.873 bits per heavy atom. The molecule has 294 valence electrons. The molecular formula is C57H34N4O2. The topological polar surface area (TPSA) is 69.9 Å². The predicted molar refractivity (Wildman–Crippen MR) is 256 cm³/mol. The summed E-state index contributed by atoms with van der Waals surface area (Å²) >= 11 is 0. The summed E-state index contributed by atoms with van der Waals surface area (Å²) in [6.07, 6.45) is 0. The maximum atomic E-state index is 6.55. The molecule has 0 saturated carbocycles. The van der Waals surface area contributed by atoms with Crippen LogP contribution in [0.1, 0.15) is 0 Å². The van der Waals surface area contributed by atoms with Crippen molar-refractivity contribution in [3.8, 4) is 62.1 Å². The largest absolute Gasteiger partial charge is 0.456 e. The van der Waals surface area contributed by atoms with Gasteiger partial charge in [0.05, 0.1) is 11.0 Å². The van der Waals surface area contributed by atoms with Gasteiger partial charge in [0.15, 0.2) is 17.5 Å². The molecule has 0 aliphatic rings. The summed E-state index contributed by atoms with van der Waals surface area (Å²) in [4.78, 5) is 15.4. The van der Waals surface area contributed by atoms with Crippen molar-refractivity contribution >= 4 is 65.7 Å². The fourth-order valence-corrected chi connectivity index (χ4v) is 9.27. The van der Waals surface area contributed by atoms with Gasteiger partial charge in [-0.3, -0.25) is 0 Å². The van der Waals surface area contributed by atoms with Crippen LogP contribution < -0.4 is 0 Å². The molecule has 4 heterocycles. The van der Waals surface area contributed by atoms with Crippen molar-refractivity contribution in [1.82, 2.24) is 19.5 Å². The number of hydrogen-bond acceptors (Lipinski definition) is 5. The number of rotatable bonds is 6. The fraction of sp³-hybridized carbons (Fsp3) is 0. The van der Waals surface area contributed by atoms with Gasteiger partial charge in [-0.1, -0.05) is 140 Å². The molecule has 0 amide bonds. The third-order valence-electron chi connectivity index (χ3n) is 12.3. The second-order valence-corrected chi connectivity index (χ2v) is 16.0. The smallest absolute Gasteiger partial charge is 0.164 e. The van der Waals surface area contributed by atoms with E-state index in [1.807, 2.05) is 54.6 Å². The maximum absolute atomic E-state index is 6.55. The van der Waals surface area contributed by atoms with Gasteiger partial charge in [0.25, 0.3) is 0 Å². The van der Waals surface area contributed by atoms with Crippen LogP contribution in [-0.4, -0.2) is 19.5 Å². The molecule has 6 heteroatoms. The highest BCUT2D eigenvalue weighted by Crippen LogP contribution is 2.41. The molecule has 0 saturated heterocycles. The van der Waals surface area contributed by atoms with Gasteiger partial charge in [0.2, 0.25) is 0 Å². The highest BCUT2D eigenvalue weighted by Gasteiger charge is 2.20. The Hall–Kier alpha value is -8.61. The van der Waals surface area contributed by atoms with Gasteiger partial charge in [-0.2, -0.15) is 0 Å². The van der Waals surface area contributed by atoms with Crippen LogP contribution in [0.4, 0.5) is 0 Å². The quantitative estimate of drug-likeness (QED) is 0.167. The van der Waals surface area contributed by atoms with Crippen LogP contribution in [0.15, 0.2) is 215 Å². The highest BCUT2D eigenvalue weighted by molar-refractivity contribution is 6.14. The molecule has 0 aliphatic heterocycles. The summed E-state index contributed by atoms with van der Waals surface area (Å²) in [5.41, 5.74) is 13.7. The van der Waals surface area contributed by atoms with E-state index in [2.05, 4.69) is 156 Å². The third-order valence-corrected chi connectivity index (χ3v) is 12.3. The zero-order chi connectivity index (χ0) is 41.4. The molecule has 13 aromatic rings. The zero-order valence-corrected chi connectivity index (χ0v) is 33.7. The van der Waals surface area contributed by atoms with Crippen molar-refractivity contribution in [2.24, 2.45) is 0 Å². The Balaban J connectivity index is 0.964. The minimum Gasteiger partial charge on any atom is -0.456 e. The standard InChI is InChI=1S/C57H34N4O2/c1-4-13-35(14-5-1)37-25-29-50-46(31-37)44-28-24-40(34-53(44)63-50)56-58-55(36-15-6-2-7-16-36)59-57(60-56)45-20-12-22-52-54(45)47-32-38(26-30-51(47)62-52)39-23-27-43-42-19-10-11-21-48(42)61(49(43)33-39)41-17-8-3-9-18-41/h1-34H. The van der Waals surface area contributed by atoms with Crippen molar-refractivity contribution < 1.29 is 8.83 Å². The molecule has 0 unspecified atom stereocenters. The second kappa shape index (κ2) is 14.0. The summed E-state index contributed by atoms with van der Waals surface area (Å²) in [7, 11) is 0. The molecule has 0 bridgehead atoms. The van der Waals surface area contributed by atoms with E-state index < -0.39 is 0 Å². The van der Waals surface area contributed by atoms with Gasteiger partial charge in [-0.15, -0.1) is 0 Å². The van der Waals surface area contributed by atoms with E-state index in [-0.39, 0.29) is 0 Å². The lowest BCUT2D eigenvalue weighted by Gasteiger charge is -2.10. The lowest BCUT2D eigenvalue weighted by molar-refractivity contribution is 0.668. The van der Waals surface area contributed by atoms with Crippen LogP contribution >= 0.6 is 0 Å². The summed E-state index contributed by atoms with van der Waals surface area (Å²) in [5, 5.41) is 6.48. The molecule has 6 nitrogen and oxygen atoms in total. The zero-order valence-electron chi connectivity index (χ0n) is 33.7. The van der Waals surface area contributed by atoms with Crippen molar-refractivity contribution in [2.45, 2.75) is 0 Å². The minimum atomic E-state index is 0.554.